The average molecular weight is 446 g/mol. The van der Waals surface area contributed by atoms with Crippen LogP contribution in [0.25, 0.3) is 0 Å². The van der Waals surface area contributed by atoms with Crippen LogP contribution < -0.4 is 5.32 Å². The third-order valence-corrected chi connectivity index (χ3v) is 7.33. The molecule has 2 amide bonds. The smallest absolute Gasteiger partial charge is 0.227 e. The lowest BCUT2D eigenvalue weighted by Crippen LogP contribution is -2.50. The Morgan fingerprint density at radius 3 is 2.50 bits per heavy atom. The lowest BCUT2D eigenvalue weighted by atomic mass is 9.73. The number of β-amino-alcohol motifs (C(OH)–C–C–N with tert-alkyl or cyclic N) is 1. The van der Waals surface area contributed by atoms with Crippen LogP contribution in [-0.2, 0) is 16.0 Å². The van der Waals surface area contributed by atoms with Crippen LogP contribution in [0.2, 0.25) is 0 Å². The van der Waals surface area contributed by atoms with Gasteiger partial charge in [-0.05, 0) is 70.3 Å². The standard InChI is InChI=1S/C25H39N3O4/c1-19-7-3-4-8-20(19)17-23(31)28-13-6-5-10-25(11-15-27(2)16-12-25)24(32)26-18-22(30)21(29)9-14-28/h3-4,7-8,21-22,29-30H,5-6,9-18H2,1-2H3,(H,26,32)/t21-,22+/m0/s1. The Labute approximate surface area is 191 Å². The zero-order chi connectivity index (χ0) is 23.1. The number of benzene rings is 1. The number of hydrogen-bond acceptors (Lipinski definition) is 5. The third-order valence-electron chi connectivity index (χ3n) is 7.33. The maximum Gasteiger partial charge on any atom is 0.227 e. The summed E-state index contributed by atoms with van der Waals surface area (Å²) in [6, 6.07) is 7.90. The molecule has 178 valence electrons. The summed E-state index contributed by atoms with van der Waals surface area (Å²) in [4.78, 5) is 30.2. The van der Waals surface area contributed by atoms with Crippen LogP contribution in [0.1, 0.15) is 49.7 Å². The number of carbonyl (C=O) groups excluding carboxylic acids is 2. The molecule has 2 fully saturated rings. The summed E-state index contributed by atoms with van der Waals surface area (Å²) in [6.07, 6.45) is 2.65. The van der Waals surface area contributed by atoms with Crippen molar-refractivity contribution in [1.29, 1.82) is 0 Å². The Balaban J connectivity index is 1.70. The van der Waals surface area contributed by atoms with Crippen LogP contribution in [0.15, 0.2) is 24.3 Å². The maximum absolute atomic E-state index is 13.1. The zero-order valence-electron chi connectivity index (χ0n) is 19.6. The van der Waals surface area contributed by atoms with Crippen LogP contribution >= 0.6 is 0 Å². The molecule has 0 aromatic heterocycles. The maximum atomic E-state index is 13.1. The van der Waals surface area contributed by atoms with Gasteiger partial charge in [0, 0.05) is 19.6 Å². The van der Waals surface area contributed by atoms with Crippen molar-refractivity contribution in [3.05, 3.63) is 35.4 Å². The number of rotatable bonds is 2. The fourth-order valence-corrected chi connectivity index (χ4v) is 4.85. The number of piperidine rings is 1. The first-order chi connectivity index (χ1) is 15.3. The number of aliphatic hydroxyl groups excluding tert-OH is 2. The Hall–Kier alpha value is -1.96. The summed E-state index contributed by atoms with van der Waals surface area (Å²) in [6.45, 7) is 4.79. The summed E-state index contributed by atoms with van der Waals surface area (Å²) in [7, 11) is 2.07. The fourth-order valence-electron chi connectivity index (χ4n) is 4.85. The van der Waals surface area contributed by atoms with E-state index in [0.717, 1.165) is 56.3 Å². The van der Waals surface area contributed by atoms with Gasteiger partial charge in [0.1, 0.15) is 0 Å². The molecule has 2 atom stereocenters. The highest BCUT2D eigenvalue weighted by atomic mass is 16.3. The van der Waals surface area contributed by atoms with Crippen molar-refractivity contribution in [3.8, 4) is 0 Å². The molecule has 0 saturated carbocycles. The first-order valence-electron chi connectivity index (χ1n) is 12.0. The van der Waals surface area contributed by atoms with Crippen molar-refractivity contribution in [3.63, 3.8) is 0 Å². The molecule has 0 radical (unpaired) electrons. The van der Waals surface area contributed by atoms with E-state index in [1.807, 2.05) is 36.1 Å². The number of nitrogens with one attached hydrogen (secondary N) is 1. The second kappa shape index (κ2) is 11.3. The second-order valence-electron chi connectivity index (χ2n) is 9.66. The van der Waals surface area contributed by atoms with Crippen molar-refractivity contribution in [2.75, 3.05) is 39.8 Å². The number of hydrogen-bond donors (Lipinski definition) is 3. The van der Waals surface area contributed by atoms with Crippen molar-refractivity contribution < 1.29 is 19.8 Å². The highest BCUT2D eigenvalue weighted by molar-refractivity contribution is 5.82. The van der Waals surface area contributed by atoms with E-state index in [0.29, 0.717) is 19.5 Å². The number of likely N-dealkylation sites (tertiary alicyclic amines) is 1. The molecule has 1 aromatic carbocycles. The van der Waals surface area contributed by atoms with E-state index in [9.17, 15) is 19.8 Å². The molecule has 32 heavy (non-hydrogen) atoms. The summed E-state index contributed by atoms with van der Waals surface area (Å²) in [5, 5.41) is 23.7. The normalized spacial score (nSPS) is 26.0. The third kappa shape index (κ3) is 6.30. The molecular formula is C25H39N3O4. The van der Waals surface area contributed by atoms with E-state index >= 15 is 0 Å². The topological polar surface area (TPSA) is 93.1 Å². The van der Waals surface area contributed by atoms with E-state index < -0.39 is 17.6 Å². The van der Waals surface area contributed by atoms with Gasteiger partial charge in [0.05, 0.1) is 24.0 Å². The first kappa shape index (κ1) is 24.7. The number of nitrogens with zero attached hydrogens (tertiary/aromatic N) is 2. The quantitative estimate of drug-likeness (QED) is 0.641. The van der Waals surface area contributed by atoms with Crippen LogP contribution in [0, 0.1) is 12.3 Å². The monoisotopic (exact) mass is 445 g/mol. The molecule has 1 spiro atoms. The van der Waals surface area contributed by atoms with Crippen LogP contribution in [-0.4, -0.2) is 83.8 Å². The molecule has 2 saturated heterocycles. The molecule has 3 N–H and O–H groups in total. The second-order valence-corrected chi connectivity index (χ2v) is 9.66. The Morgan fingerprint density at radius 1 is 1.06 bits per heavy atom. The molecule has 2 heterocycles. The van der Waals surface area contributed by atoms with Crippen LogP contribution in [0.3, 0.4) is 0 Å². The van der Waals surface area contributed by atoms with Gasteiger partial charge in [0.15, 0.2) is 0 Å². The predicted molar refractivity (Wildman–Crippen MR) is 124 cm³/mol. The van der Waals surface area contributed by atoms with Gasteiger partial charge < -0.3 is 25.3 Å². The zero-order valence-corrected chi connectivity index (χ0v) is 19.6. The number of carbonyl (C=O) groups is 2. The van der Waals surface area contributed by atoms with Crippen molar-refractivity contribution in [2.24, 2.45) is 5.41 Å². The van der Waals surface area contributed by atoms with E-state index in [-0.39, 0.29) is 24.8 Å². The predicted octanol–water partition coefficient (Wildman–Crippen LogP) is 1.49. The highest BCUT2D eigenvalue weighted by Crippen LogP contribution is 2.37. The molecule has 0 unspecified atom stereocenters. The van der Waals surface area contributed by atoms with Crippen molar-refractivity contribution in [2.45, 2.75) is 64.1 Å². The van der Waals surface area contributed by atoms with Crippen LogP contribution in [0.4, 0.5) is 0 Å². The SMILES string of the molecule is Cc1ccccc1CC(=O)N1CCCCC2(CCN(C)CC2)C(=O)NC[C@@H](O)[C@@H](O)CC1. The fraction of sp³-hybridized carbons (Fsp3) is 0.680. The number of aliphatic hydroxyl groups is 2. The minimum atomic E-state index is -1.05. The minimum absolute atomic E-state index is 0.0106. The van der Waals surface area contributed by atoms with E-state index in [1.165, 1.54) is 0 Å². The Bertz CT molecular complexity index is 776. The first-order valence-corrected chi connectivity index (χ1v) is 12.0. The molecule has 7 nitrogen and oxygen atoms in total. The Morgan fingerprint density at radius 2 is 1.78 bits per heavy atom. The molecule has 2 aliphatic heterocycles. The van der Waals surface area contributed by atoms with Gasteiger partial charge in [-0.2, -0.15) is 0 Å². The summed E-state index contributed by atoms with van der Waals surface area (Å²) in [5.41, 5.74) is 1.68. The largest absolute Gasteiger partial charge is 0.390 e. The molecule has 3 rings (SSSR count). The minimum Gasteiger partial charge on any atom is -0.390 e. The summed E-state index contributed by atoms with van der Waals surface area (Å²) in [5.74, 6) is 0.0302. The van der Waals surface area contributed by atoms with Gasteiger partial charge in [0.2, 0.25) is 11.8 Å². The lowest BCUT2D eigenvalue weighted by Gasteiger charge is -2.39. The molecule has 7 heteroatoms. The van der Waals surface area contributed by atoms with Gasteiger partial charge >= 0.3 is 0 Å². The van der Waals surface area contributed by atoms with E-state index in [2.05, 4.69) is 17.3 Å². The van der Waals surface area contributed by atoms with Gasteiger partial charge in [-0.3, -0.25) is 9.59 Å². The average Bonchev–Trinajstić information content (AvgIpc) is 2.79. The van der Waals surface area contributed by atoms with Gasteiger partial charge in [0.25, 0.3) is 0 Å². The molecule has 0 bridgehead atoms. The highest BCUT2D eigenvalue weighted by Gasteiger charge is 2.40. The number of aryl methyl sites for hydroxylation is 1. The van der Waals surface area contributed by atoms with Gasteiger partial charge in [-0.1, -0.05) is 30.7 Å². The summed E-state index contributed by atoms with van der Waals surface area (Å²) >= 11 is 0. The molecular weight excluding hydrogens is 406 g/mol. The van der Waals surface area contributed by atoms with Crippen molar-refractivity contribution >= 4 is 11.8 Å². The van der Waals surface area contributed by atoms with Gasteiger partial charge in [-0.25, -0.2) is 0 Å². The van der Waals surface area contributed by atoms with Gasteiger partial charge in [-0.15, -0.1) is 0 Å². The summed E-state index contributed by atoms with van der Waals surface area (Å²) < 4.78 is 0. The van der Waals surface area contributed by atoms with Crippen LogP contribution in [0.5, 0.6) is 0 Å². The van der Waals surface area contributed by atoms with E-state index in [4.69, 9.17) is 0 Å². The van der Waals surface area contributed by atoms with Crippen molar-refractivity contribution in [1.82, 2.24) is 15.1 Å². The van der Waals surface area contributed by atoms with E-state index in [1.54, 1.807) is 0 Å². The number of amides is 2. The molecule has 2 aliphatic rings. The Kier molecular flexibility index (Phi) is 8.68. The molecule has 0 aliphatic carbocycles. The molecule has 1 aromatic rings. The lowest BCUT2D eigenvalue weighted by molar-refractivity contribution is -0.135.